The highest BCUT2D eigenvalue weighted by Crippen LogP contribution is 2.27. The van der Waals surface area contributed by atoms with Crippen molar-refractivity contribution in [1.82, 2.24) is 9.13 Å². The average Bonchev–Trinajstić information content (AvgIpc) is 2.44. The molecule has 4 nitrogen and oxygen atoms in total. The fourth-order valence-electron chi connectivity index (χ4n) is 2.52. The third kappa shape index (κ3) is 1.86. The Labute approximate surface area is 89.7 Å². The zero-order valence-electron chi connectivity index (χ0n) is 9.44. The van der Waals surface area contributed by atoms with Crippen LogP contribution in [0, 0.1) is 6.92 Å². The van der Waals surface area contributed by atoms with E-state index in [9.17, 15) is 4.79 Å². The first-order valence-electron chi connectivity index (χ1n) is 5.59. The van der Waals surface area contributed by atoms with Crippen LogP contribution >= 0.6 is 0 Å². The molecule has 0 atom stereocenters. The van der Waals surface area contributed by atoms with Crippen molar-refractivity contribution in [2.24, 2.45) is 12.8 Å². The lowest BCUT2D eigenvalue weighted by Crippen LogP contribution is -2.33. The number of imidazole rings is 1. The van der Waals surface area contributed by atoms with Crippen molar-refractivity contribution >= 4 is 0 Å². The summed E-state index contributed by atoms with van der Waals surface area (Å²) in [4.78, 5) is 11.9. The average molecular weight is 209 g/mol. The van der Waals surface area contributed by atoms with Crippen LogP contribution in [0.2, 0.25) is 0 Å². The predicted molar refractivity (Wildman–Crippen MR) is 59.9 cm³/mol. The lowest BCUT2D eigenvalue weighted by atomic mass is 9.91. The number of aromatic nitrogens is 2. The number of rotatable bonds is 1. The molecule has 0 spiro atoms. The van der Waals surface area contributed by atoms with Gasteiger partial charge in [-0.15, -0.1) is 0 Å². The summed E-state index contributed by atoms with van der Waals surface area (Å²) in [7, 11) is 1.81. The summed E-state index contributed by atoms with van der Waals surface area (Å²) in [6, 6.07) is 0.694. The van der Waals surface area contributed by atoms with Gasteiger partial charge in [-0.1, -0.05) is 0 Å². The van der Waals surface area contributed by atoms with Crippen LogP contribution in [0.15, 0.2) is 11.0 Å². The minimum atomic E-state index is 0.105. The van der Waals surface area contributed by atoms with Gasteiger partial charge in [0.2, 0.25) is 0 Å². The molecule has 1 aromatic heterocycles. The first-order chi connectivity index (χ1) is 7.09. The summed E-state index contributed by atoms with van der Waals surface area (Å²) in [6.45, 7) is 2.00. The summed E-state index contributed by atoms with van der Waals surface area (Å²) in [5, 5.41) is 0. The second kappa shape index (κ2) is 3.85. The SMILES string of the molecule is Cc1cn(C)c(=O)n1C1CCC(N)CC1. The summed E-state index contributed by atoms with van der Waals surface area (Å²) in [5.74, 6) is 0. The largest absolute Gasteiger partial charge is 0.328 e. The van der Waals surface area contributed by atoms with Gasteiger partial charge in [0.25, 0.3) is 0 Å². The van der Waals surface area contributed by atoms with Gasteiger partial charge in [0.1, 0.15) is 0 Å². The Morgan fingerprint density at radius 1 is 1.33 bits per heavy atom. The molecule has 0 aromatic carbocycles. The molecule has 1 saturated carbocycles. The van der Waals surface area contributed by atoms with E-state index in [0.717, 1.165) is 31.4 Å². The van der Waals surface area contributed by atoms with Crippen LogP contribution in [0.1, 0.15) is 37.4 Å². The van der Waals surface area contributed by atoms with Gasteiger partial charge in [0.15, 0.2) is 0 Å². The van der Waals surface area contributed by atoms with Gasteiger partial charge in [0, 0.05) is 31.0 Å². The van der Waals surface area contributed by atoms with Crippen LogP contribution in [-0.4, -0.2) is 15.2 Å². The molecule has 1 fully saturated rings. The van der Waals surface area contributed by atoms with E-state index in [1.54, 1.807) is 11.6 Å². The lowest BCUT2D eigenvalue weighted by Gasteiger charge is -2.27. The van der Waals surface area contributed by atoms with E-state index in [1.807, 2.05) is 17.7 Å². The van der Waals surface area contributed by atoms with Gasteiger partial charge in [0.05, 0.1) is 0 Å². The molecular formula is C11H19N3O. The number of hydrogen-bond acceptors (Lipinski definition) is 2. The van der Waals surface area contributed by atoms with E-state index in [1.165, 1.54) is 0 Å². The van der Waals surface area contributed by atoms with E-state index < -0.39 is 0 Å². The van der Waals surface area contributed by atoms with E-state index >= 15 is 0 Å². The minimum Gasteiger partial charge on any atom is -0.328 e. The molecule has 2 N–H and O–H groups in total. The monoisotopic (exact) mass is 209 g/mol. The Morgan fingerprint density at radius 2 is 1.93 bits per heavy atom. The molecule has 0 unspecified atom stereocenters. The standard InChI is InChI=1S/C11H19N3O/c1-8-7-13(2)11(15)14(8)10-5-3-9(12)4-6-10/h7,9-10H,3-6,12H2,1-2H3. The fourth-order valence-corrected chi connectivity index (χ4v) is 2.52. The molecule has 1 aromatic rings. The van der Waals surface area contributed by atoms with Crippen molar-refractivity contribution in [3.05, 3.63) is 22.4 Å². The Hall–Kier alpha value is -1.03. The maximum Gasteiger partial charge on any atom is 0.328 e. The van der Waals surface area contributed by atoms with Gasteiger partial charge in [-0.3, -0.25) is 4.57 Å². The Balaban J connectivity index is 2.26. The highest BCUT2D eigenvalue weighted by molar-refractivity contribution is 5.00. The molecule has 1 aliphatic rings. The number of nitrogens with zero attached hydrogens (tertiary/aromatic N) is 2. The molecule has 0 bridgehead atoms. The molecule has 1 heterocycles. The van der Waals surface area contributed by atoms with Gasteiger partial charge < -0.3 is 10.3 Å². The van der Waals surface area contributed by atoms with Gasteiger partial charge in [-0.05, 0) is 32.6 Å². The predicted octanol–water partition coefficient (Wildman–Crippen LogP) is 0.938. The minimum absolute atomic E-state index is 0.105. The first kappa shape index (κ1) is 10.5. The van der Waals surface area contributed by atoms with Crippen molar-refractivity contribution in [2.75, 3.05) is 0 Å². The molecule has 0 amide bonds. The molecule has 15 heavy (non-hydrogen) atoms. The van der Waals surface area contributed by atoms with E-state index in [2.05, 4.69) is 0 Å². The fraction of sp³-hybridized carbons (Fsp3) is 0.727. The second-order valence-corrected chi connectivity index (χ2v) is 4.60. The van der Waals surface area contributed by atoms with Crippen LogP contribution < -0.4 is 11.4 Å². The molecular weight excluding hydrogens is 190 g/mol. The Morgan fingerprint density at radius 3 is 2.40 bits per heavy atom. The molecule has 1 aliphatic carbocycles. The van der Waals surface area contributed by atoms with Crippen molar-refractivity contribution in [1.29, 1.82) is 0 Å². The van der Waals surface area contributed by atoms with Crippen LogP contribution in [-0.2, 0) is 7.05 Å². The third-order valence-electron chi connectivity index (χ3n) is 3.37. The third-order valence-corrected chi connectivity index (χ3v) is 3.37. The van der Waals surface area contributed by atoms with Crippen LogP contribution in [0.4, 0.5) is 0 Å². The summed E-state index contributed by atoms with van der Waals surface area (Å²) in [5.41, 5.74) is 7.03. The second-order valence-electron chi connectivity index (χ2n) is 4.60. The zero-order chi connectivity index (χ0) is 11.0. The van der Waals surface area contributed by atoms with Crippen LogP contribution in [0.5, 0.6) is 0 Å². The summed E-state index contributed by atoms with van der Waals surface area (Å²) < 4.78 is 3.58. The van der Waals surface area contributed by atoms with Gasteiger partial charge >= 0.3 is 5.69 Å². The smallest absolute Gasteiger partial charge is 0.328 e. The quantitative estimate of drug-likeness (QED) is 0.748. The Bertz CT molecular complexity index is 396. The highest BCUT2D eigenvalue weighted by Gasteiger charge is 2.22. The van der Waals surface area contributed by atoms with E-state index in [-0.39, 0.29) is 5.69 Å². The molecule has 4 heteroatoms. The number of aryl methyl sites for hydroxylation is 2. The zero-order valence-corrected chi connectivity index (χ0v) is 9.44. The lowest BCUT2D eigenvalue weighted by molar-refractivity contribution is 0.314. The normalized spacial score (nSPS) is 26.9. The summed E-state index contributed by atoms with van der Waals surface area (Å²) in [6.07, 6.45) is 6.03. The molecule has 2 rings (SSSR count). The topological polar surface area (TPSA) is 53.0 Å². The summed E-state index contributed by atoms with van der Waals surface area (Å²) >= 11 is 0. The van der Waals surface area contributed by atoms with Crippen molar-refractivity contribution < 1.29 is 0 Å². The Kier molecular flexibility index (Phi) is 2.69. The first-order valence-corrected chi connectivity index (χ1v) is 5.59. The molecule has 0 radical (unpaired) electrons. The van der Waals surface area contributed by atoms with E-state index in [0.29, 0.717) is 12.1 Å². The van der Waals surface area contributed by atoms with E-state index in [4.69, 9.17) is 5.73 Å². The van der Waals surface area contributed by atoms with Gasteiger partial charge in [-0.25, -0.2) is 4.79 Å². The van der Waals surface area contributed by atoms with Crippen molar-refractivity contribution in [3.63, 3.8) is 0 Å². The highest BCUT2D eigenvalue weighted by atomic mass is 16.1. The van der Waals surface area contributed by atoms with Crippen molar-refractivity contribution in [3.8, 4) is 0 Å². The molecule has 0 saturated heterocycles. The van der Waals surface area contributed by atoms with Crippen LogP contribution in [0.3, 0.4) is 0 Å². The maximum atomic E-state index is 11.9. The van der Waals surface area contributed by atoms with Crippen LogP contribution in [0.25, 0.3) is 0 Å². The maximum absolute atomic E-state index is 11.9. The molecule has 84 valence electrons. The number of nitrogens with two attached hydrogens (primary N) is 1. The molecule has 0 aliphatic heterocycles. The number of hydrogen-bond donors (Lipinski definition) is 1. The van der Waals surface area contributed by atoms with Gasteiger partial charge in [-0.2, -0.15) is 0 Å². The van der Waals surface area contributed by atoms with Crippen molar-refractivity contribution in [2.45, 2.75) is 44.7 Å².